The molecule has 0 saturated carbocycles. The van der Waals surface area contributed by atoms with Gasteiger partial charge < -0.3 is 14.4 Å². The zero-order valence-electron chi connectivity index (χ0n) is 21.3. The Balaban J connectivity index is 1.77. The normalized spacial score (nSPS) is 14.8. The quantitative estimate of drug-likeness (QED) is 0.376. The summed E-state index contributed by atoms with van der Waals surface area (Å²) < 4.78 is 3.34. The summed E-state index contributed by atoms with van der Waals surface area (Å²) in [6, 6.07) is 5.37. The number of nitrogens with one attached hydrogen (secondary N) is 1. The number of hydrogen-bond acceptors (Lipinski definition) is 5. The van der Waals surface area contributed by atoms with E-state index in [2.05, 4.69) is 18.7 Å². The summed E-state index contributed by atoms with van der Waals surface area (Å²) in [5.41, 5.74) is 2.23. The Morgan fingerprint density at radius 2 is 1.74 bits per heavy atom. The lowest BCUT2D eigenvalue weighted by Gasteiger charge is -2.34. The number of unbranched alkanes of at least 4 members (excludes halogenated alkanes) is 5. The first kappa shape index (κ1) is 25.1. The van der Waals surface area contributed by atoms with E-state index in [0.29, 0.717) is 41.9 Å². The monoisotopic (exact) mass is 478 g/mol. The van der Waals surface area contributed by atoms with Gasteiger partial charge in [0, 0.05) is 38.9 Å². The molecule has 0 radical (unpaired) electrons. The molecule has 4 rings (SSSR count). The second kappa shape index (κ2) is 11.2. The van der Waals surface area contributed by atoms with E-state index in [4.69, 9.17) is 10.4 Å². The Morgan fingerprint density at radius 1 is 1.03 bits per heavy atom. The number of carbonyl (C=O) groups is 1. The van der Waals surface area contributed by atoms with E-state index in [1.54, 1.807) is 21.2 Å². The van der Waals surface area contributed by atoms with Crippen molar-refractivity contribution in [3.63, 3.8) is 0 Å². The largest absolute Gasteiger partial charge is 0.336 e. The zero-order chi connectivity index (χ0) is 24.9. The summed E-state index contributed by atoms with van der Waals surface area (Å²) in [5.74, 6) is -0.168. The van der Waals surface area contributed by atoms with Crippen molar-refractivity contribution in [3.05, 3.63) is 51.4 Å². The van der Waals surface area contributed by atoms with Crippen LogP contribution in [0.5, 0.6) is 0 Å². The van der Waals surface area contributed by atoms with Crippen molar-refractivity contribution in [2.45, 2.75) is 65.8 Å². The van der Waals surface area contributed by atoms with Crippen molar-refractivity contribution < 1.29 is 4.79 Å². The van der Waals surface area contributed by atoms with E-state index in [1.807, 2.05) is 24.0 Å². The number of fused-ring (bicyclic) bond motifs is 2. The van der Waals surface area contributed by atoms with E-state index in [9.17, 15) is 9.59 Å². The lowest BCUT2D eigenvalue weighted by atomic mass is 10.1. The average molecular weight is 479 g/mol. The van der Waals surface area contributed by atoms with Crippen LogP contribution < -0.4 is 11.0 Å². The lowest BCUT2D eigenvalue weighted by Crippen LogP contribution is -2.49. The Kier molecular flexibility index (Phi) is 8.00. The molecule has 1 amide bonds. The third-order valence-electron chi connectivity index (χ3n) is 7.21. The molecule has 0 aromatic carbocycles. The van der Waals surface area contributed by atoms with Crippen molar-refractivity contribution in [3.8, 4) is 0 Å². The number of amides is 1. The third-order valence-corrected chi connectivity index (χ3v) is 7.21. The summed E-state index contributed by atoms with van der Waals surface area (Å²) in [6.07, 6.45) is 8.45. The van der Waals surface area contributed by atoms with Crippen molar-refractivity contribution in [1.82, 2.24) is 23.8 Å². The topological polar surface area (TPSA) is 86.7 Å². The fraction of sp³-hybridized carbons (Fsp3) is 0.556. The molecule has 0 unspecified atom stereocenters. The molecular formula is C27H38N6O2. The molecule has 1 fully saturated rings. The van der Waals surface area contributed by atoms with Crippen molar-refractivity contribution in [2.75, 3.05) is 32.7 Å². The van der Waals surface area contributed by atoms with Crippen LogP contribution in [0.3, 0.4) is 0 Å². The Morgan fingerprint density at radius 3 is 2.46 bits per heavy atom. The fourth-order valence-corrected chi connectivity index (χ4v) is 4.96. The second-order valence-electron chi connectivity index (χ2n) is 9.59. The van der Waals surface area contributed by atoms with Crippen LogP contribution in [0.15, 0.2) is 29.2 Å². The maximum atomic E-state index is 13.5. The fourth-order valence-electron chi connectivity index (χ4n) is 4.96. The van der Waals surface area contributed by atoms with Gasteiger partial charge >= 0.3 is 0 Å². The van der Waals surface area contributed by atoms with Crippen LogP contribution in [0.2, 0.25) is 0 Å². The molecule has 1 saturated heterocycles. The van der Waals surface area contributed by atoms with E-state index in [0.717, 1.165) is 44.5 Å². The summed E-state index contributed by atoms with van der Waals surface area (Å²) in [6.45, 7) is 10.7. The number of nitrogens with zero attached hydrogens (tertiary/aromatic N) is 5. The molecule has 1 aliphatic heterocycles. The molecule has 0 bridgehead atoms. The summed E-state index contributed by atoms with van der Waals surface area (Å²) in [4.78, 5) is 36.0. The van der Waals surface area contributed by atoms with E-state index < -0.39 is 0 Å². The average Bonchev–Trinajstić information content (AvgIpc) is 2.87. The van der Waals surface area contributed by atoms with Crippen LogP contribution in [0.25, 0.3) is 16.7 Å². The minimum atomic E-state index is -0.199. The van der Waals surface area contributed by atoms with Gasteiger partial charge in [0.1, 0.15) is 16.8 Å². The highest BCUT2D eigenvalue weighted by Crippen LogP contribution is 2.16. The highest BCUT2D eigenvalue weighted by molar-refractivity contribution is 5.97. The number of aromatic nitrogens is 3. The number of piperazine rings is 1. The van der Waals surface area contributed by atoms with Crippen molar-refractivity contribution >= 4 is 22.6 Å². The molecule has 8 nitrogen and oxygen atoms in total. The van der Waals surface area contributed by atoms with Gasteiger partial charge in [-0.05, 0) is 37.6 Å². The van der Waals surface area contributed by atoms with E-state index in [1.165, 1.54) is 19.3 Å². The number of carbonyl (C=O) groups excluding carboxylic acids is 1. The molecule has 3 aromatic heterocycles. The molecule has 1 N–H and O–H groups in total. The summed E-state index contributed by atoms with van der Waals surface area (Å²) >= 11 is 0. The van der Waals surface area contributed by atoms with Gasteiger partial charge in [0.25, 0.3) is 11.5 Å². The highest BCUT2D eigenvalue weighted by Gasteiger charge is 2.25. The van der Waals surface area contributed by atoms with Crippen LogP contribution in [-0.4, -0.2) is 62.4 Å². The number of pyridine rings is 2. The van der Waals surface area contributed by atoms with E-state index in [-0.39, 0.29) is 17.0 Å². The predicted octanol–water partition coefficient (Wildman–Crippen LogP) is 3.58. The van der Waals surface area contributed by atoms with Crippen LogP contribution >= 0.6 is 0 Å². The number of aryl methyl sites for hydroxylation is 2. The van der Waals surface area contributed by atoms with Crippen molar-refractivity contribution in [1.29, 1.82) is 5.41 Å². The Bertz CT molecular complexity index is 1320. The van der Waals surface area contributed by atoms with Gasteiger partial charge in [-0.2, -0.15) is 0 Å². The molecule has 35 heavy (non-hydrogen) atoms. The molecule has 0 atom stereocenters. The van der Waals surface area contributed by atoms with Crippen molar-refractivity contribution in [2.24, 2.45) is 0 Å². The summed E-state index contributed by atoms with van der Waals surface area (Å²) in [5, 5.41) is 9.38. The zero-order valence-corrected chi connectivity index (χ0v) is 21.3. The number of likely N-dealkylation sites (N-methyl/N-ethyl adjacent to an activating group) is 1. The first-order valence-electron chi connectivity index (χ1n) is 13.1. The SMILES string of the molecule is CCCCCCCCn1c(=N)c(C(=O)N2CCN(CC)CC2)cc2c(=O)n3cccc(C)c3nc21. The van der Waals surface area contributed by atoms with Crippen LogP contribution in [0, 0.1) is 12.3 Å². The molecular weight excluding hydrogens is 440 g/mol. The first-order chi connectivity index (χ1) is 17.0. The Hall–Kier alpha value is -3.00. The first-order valence-corrected chi connectivity index (χ1v) is 13.1. The minimum Gasteiger partial charge on any atom is -0.336 e. The van der Waals surface area contributed by atoms with Gasteiger partial charge in [-0.1, -0.05) is 52.0 Å². The lowest BCUT2D eigenvalue weighted by molar-refractivity contribution is 0.0640. The smallest absolute Gasteiger partial charge is 0.267 e. The molecule has 4 heterocycles. The maximum absolute atomic E-state index is 13.5. The van der Waals surface area contributed by atoms with Gasteiger partial charge in [-0.3, -0.25) is 19.4 Å². The highest BCUT2D eigenvalue weighted by atomic mass is 16.2. The van der Waals surface area contributed by atoms with E-state index >= 15 is 0 Å². The second-order valence-corrected chi connectivity index (χ2v) is 9.59. The molecule has 8 heteroatoms. The Labute approximate surface area is 206 Å². The number of hydrogen-bond donors (Lipinski definition) is 1. The van der Waals surface area contributed by atoms with Gasteiger partial charge in [0.2, 0.25) is 0 Å². The van der Waals surface area contributed by atoms with Gasteiger partial charge in [0.15, 0.2) is 0 Å². The maximum Gasteiger partial charge on any atom is 0.267 e. The van der Waals surface area contributed by atoms with Gasteiger partial charge in [-0.15, -0.1) is 0 Å². The molecule has 188 valence electrons. The van der Waals surface area contributed by atoms with Crippen LogP contribution in [-0.2, 0) is 6.54 Å². The standard InChI is InChI=1S/C27H38N6O2/c1-4-6-7-8-9-10-13-32-23(28)21(26(34)31-17-15-30(5-2)16-18-31)19-22-25(32)29-24-20(3)12-11-14-33(24)27(22)35/h11-12,14,19,28H,4-10,13,15-18H2,1-3H3. The third kappa shape index (κ3) is 5.17. The van der Waals surface area contributed by atoms with Gasteiger partial charge in [0.05, 0.1) is 10.9 Å². The summed E-state index contributed by atoms with van der Waals surface area (Å²) in [7, 11) is 0. The molecule has 1 aliphatic rings. The van der Waals surface area contributed by atoms with Crippen LogP contribution in [0.1, 0.15) is 68.3 Å². The van der Waals surface area contributed by atoms with Crippen LogP contribution in [0.4, 0.5) is 0 Å². The predicted molar refractivity (Wildman–Crippen MR) is 139 cm³/mol. The van der Waals surface area contributed by atoms with Gasteiger partial charge in [-0.25, -0.2) is 4.98 Å². The molecule has 3 aromatic rings. The molecule has 0 spiro atoms. The number of rotatable bonds is 9. The minimum absolute atomic E-state index is 0.152. The molecule has 0 aliphatic carbocycles.